The predicted octanol–water partition coefficient (Wildman–Crippen LogP) is 3.60. The average Bonchev–Trinajstić information content (AvgIpc) is 3.14. The van der Waals surface area contributed by atoms with Crippen LogP contribution in [0.3, 0.4) is 0 Å². The molecule has 2 heterocycles. The molecule has 0 aliphatic carbocycles. The maximum atomic E-state index is 14.0. The Morgan fingerprint density at radius 1 is 0.939 bits per heavy atom. The molecule has 33 heavy (non-hydrogen) atoms. The summed E-state index contributed by atoms with van der Waals surface area (Å²) in [5, 5.41) is 0. The van der Waals surface area contributed by atoms with Gasteiger partial charge in [-0.3, -0.25) is 14.5 Å². The molecular formula is C25H21FN2O4S. The van der Waals surface area contributed by atoms with Crippen molar-refractivity contribution < 1.29 is 22.4 Å². The zero-order valence-electron chi connectivity index (χ0n) is 18.1. The van der Waals surface area contributed by atoms with E-state index >= 15 is 0 Å². The molecule has 168 valence electrons. The molecule has 0 aromatic heterocycles. The summed E-state index contributed by atoms with van der Waals surface area (Å²) in [4.78, 5) is 27.5. The van der Waals surface area contributed by atoms with Gasteiger partial charge < -0.3 is 4.90 Å². The number of fused-ring (bicyclic) bond motifs is 2. The first kappa shape index (κ1) is 21.3. The molecule has 0 saturated carbocycles. The number of halogens is 1. The Kier molecular flexibility index (Phi) is 4.68. The molecule has 1 unspecified atom stereocenters. The molecule has 2 amide bonds. The summed E-state index contributed by atoms with van der Waals surface area (Å²) in [5.41, 5.74) is 3.52. The van der Waals surface area contributed by atoms with Gasteiger partial charge in [-0.05, 0) is 60.9 Å². The Bertz CT molecular complexity index is 1420. The van der Waals surface area contributed by atoms with E-state index in [1.54, 1.807) is 54.6 Å². The van der Waals surface area contributed by atoms with E-state index in [1.165, 1.54) is 17.0 Å². The highest BCUT2D eigenvalue weighted by atomic mass is 32.2. The van der Waals surface area contributed by atoms with Crippen molar-refractivity contribution in [2.24, 2.45) is 0 Å². The molecule has 3 aromatic rings. The van der Waals surface area contributed by atoms with Crippen LogP contribution in [0.25, 0.3) is 0 Å². The zero-order chi connectivity index (χ0) is 23.5. The van der Waals surface area contributed by atoms with Crippen LogP contribution in [0.1, 0.15) is 22.3 Å². The number of aryl methyl sites for hydroxylation is 2. The van der Waals surface area contributed by atoms with Crippen molar-refractivity contribution >= 4 is 33.0 Å². The molecule has 1 saturated heterocycles. The predicted molar refractivity (Wildman–Crippen MR) is 123 cm³/mol. The topological polar surface area (TPSA) is 74.8 Å². The minimum atomic E-state index is -4.23. The molecule has 1 atom stereocenters. The normalized spacial score (nSPS) is 21.2. The van der Waals surface area contributed by atoms with Crippen LogP contribution in [0, 0.1) is 19.7 Å². The van der Waals surface area contributed by atoms with Crippen molar-refractivity contribution in [1.29, 1.82) is 0 Å². The fourth-order valence-electron chi connectivity index (χ4n) is 4.69. The number of para-hydroxylation sites is 1. The highest BCUT2D eigenvalue weighted by molar-refractivity contribution is 7.94. The van der Waals surface area contributed by atoms with Gasteiger partial charge in [-0.1, -0.05) is 36.4 Å². The van der Waals surface area contributed by atoms with Gasteiger partial charge in [0.15, 0.2) is 9.84 Å². The number of nitrogens with zero attached hydrogens (tertiary/aromatic N) is 2. The first-order valence-corrected chi connectivity index (χ1v) is 12.1. The number of carbonyl (C=O) groups excluding carboxylic acids is 2. The fourth-order valence-corrected chi connectivity index (χ4v) is 6.72. The quantitative estimate of drug-likeness (QED) is 0.594. The van der Waals surface area contributed by atoms with Crippen LogP contribution >= 0.6 is 0 Å². The second-order valence-electron chi connectivity index (χ2n) is 8.44. The maximum Gasteiger partial charge on any atom is 0.274 e. The number of hydrogen-bond acceptors (Lipinski definition) is 4. The minimum absolute atomic E-state index is 0.0440. The van der Waals surface area contributed by atoms with Crippen molar-refractivity contribution in [3.8, 4) is 0 Å². The van der Waals surface area contributed by atoms with E-state index < -0.39 is 38.1 Å². The van der Waals surface area contributed by atoms with Crippen LogP contribution in [0.15, 0.2) is 66.7 Å². The highest BCUT2D eigenvalue weighted by Crippen LogP contribution is 2.52. The summed E-state index contributed by atoms with van der Waals surface area (Å²) >= 11 is 0. The molecule has 5 rings (SSSR count). The van der Waals surface area contributed by atoms with Gasteiger partial charge in [0, 0.05) is 11.3 Å². The molecule has 6 nitrogen and oxygen atoms in total. The summed E-state index contributed by atoms with van der Waals surface area (Å²) in [6, 6.07) is 17.5. The maximum absolute atomic E-state index is 14.0. The number of sulfone groups is 1. The third kappa shape index (κ3) is 2.94. The van der Waals surface area contributed by atoms with Gasteiger partial charge >= 0.3 is 0 Å². The lowest BCUT2D eigenvalue weighted by Gasteiger charge is -2.33. The highest BCUT2D eigenvalue weighted by Gasteiger charge is 2.69. The van der Waals surface area contributed by atoms with Gasteiger partial charge in [-0.2, -0.15) is 0 Å². The summed E-state index contributed by atoms with van der Waals surface area (Å²) in [5.74, 6) is -2.53. The number of carbonyl (C=O) groups is 2. The minimum Gasteiger partial charge on any atom is -0.304 e. The van der Waals surface area contributed by atoms with E-state index in [4.69, 9.17) is 0 Å². The molecule has 0 radical (unpaired) electrons. The van der Waals surface area contributed by atoms with Crippen molar-refractivity contribution in [3.63, 3.8) is 0 Å². The van der Waals surface area contributed by atoms with Crippen LogP contribution < -0.4 is 9.80 Å². The average molecular weight is 465 g/mol. The third-order valence-corrected chi connectivity index (χ3v) is 8.53. The Hall–Kier alpha value is -3.52. The Labute approximate surface area is 191 Å². The molecular weight excluding hydrogens is 443 g/mol. The van der Waals surface area contributed by atoms with E-state index in [0.29, 0.717) is 16.9 Å². The van der Waals surface area contributed by atoms with Crippen LogP contribution in [0.2, 0.25) is 0 Å². The van der Waals surface area contributed by atoms with Gasteiger partial charge in [-0.25, -0.2) is 12.8 Å². The number of benzene rings is 3. The molecule has 1 fully saturated rings. The third-order valence-electron chi connectivity index (χ3n) is 6.43. The first-order valence-electron chi connectivity index (χ1n) is 10.5. The standard InChI is InChI=1S/C25H21FN2O4S/c1-16-7-12-20(13-17(16)2)28-23(29)15-33(31,32)25(28)21-5-3-4-6-22(21)27(24(25)30)14-18-8-10-19(26)11-9-18/h3-13H,14-15H2,1-2H3. The van der Waals surface area contributed by atoms with Crippen LogP contribution in [0.5, 0.6) is 0 Å². The molecule has 2 aliphatic rings. The zero-order valence-corrected chi connectivity index (χ0v) is 18.9. The van der Waals surface area contributed by atoms with Crippen molar-refractivity contribution in [1.82, 2.24) is 0 Å². The Balaban J connectivity index is 1.73. The van der Waals surface area contributed by atoms with Crippen LogP contribution in [-0.4, -0.2) is 26.0 Å². The van der Waals surface area contributed by atoms with Crippen molar-refractivity contribution in [2.45, 2.75) is 25.3 Å². The van der Waals surface area contributed by atoms with E-state index in [1.807, 2.05) is 13.8 Å². The summed E-state index contributed by atoms with van der Waals surface area (Å²) in [7, 11) is -4.23. The lowest BCUT2D eigenvalue weighted by Crippen LogP contribution is -2.54. The van der Waals surface area contributed by atoms with Gasteiger partial charge in [-0.15, -0.1) is 0 Å². The largest absolute Gasteiger partial charge is 0.304 e. The smallest absolute Gasteiger partial charge is 0.274 e. The monoisotopic (exact) mass is 464 g/mol. The van der Waals surface area contributed by atoms with Gasteiger partial charge in [0.1, 0.15) is 11.6 Å². The van der Waals surface area contributed by atoms with Crippen molar-refractivity contribution in [2.75, 3.05) is 15.6 Å². The fraction of sp³-hybridized carbons (Fsp3) is 0.200. The molecule has 0 bridgehead atoms. The van der Waals surface area contributed by atoms with E-state index in [-0.39, 0.29) is 12.1 Å². The molecule has 3 aromatic carbocycles. The van der Waals surface area contributed by atoms with E-state index in [9.17, 15) is 22.4 Å². The van der Waals surface area contributed by atoms with E-state index in [2.05, 4.69) is 0 Å². The SMILES string of the molecule is Cc1ccc(N2C(=O)CS(=O)(=O)C23C(=O)N(Cc2ccc(F)cc2)c2ccccc23)cc1C. The lowest BCUT2D eigenvalue weighted by molar-refractivity contribution is -0.123. The second kappa shape index (κ2) is 7.25. The number of anilines is 2. The molecule has 1 spiro atoms. The van der Waals surface area contributed by atoms with E-state index in [0.717, 1.165) is 16.0 Å². The Morgan fingerprint density at radius 3 is 2.33 bits per heavy atom. The second-order valence-corrected chi connectivity index (χ2v) is 10.5. The molecule has 0 N–H and O–H groups in total. The Morgan fingerprint density at radius 2 is 1.64 bits per heavy atom. The summed E-state index contributed by atoms with van der Waals surface area (Å²) in [6.45, 7) is 3.83. The van der Waals surface area contributed by atoms with Crippen molar-refractivity contribution in [3.05, 3.63) is 94.8 Å². The summed E-state index contributed by atoms with van der Waals surface area (Å²) in [6.07, 6.45) is 0. The van der Waals surface area contributed by atoms with Crippen LogP contribution in [0.4, 0.5) is 15.8 Å². The van der Waals surface area contributed by atoms with Crippen LogP contribution in [-0.2, 0) is 30.8 Å². The van der Waals surface area contributed by atoms with Gasteiger partial charge in [0.05, 0.1) is 12.2 Å². The number of amides is 2. The molecule has 8 heteroatoms. The summed E-state index contributed by atoms with van der Waals surface area (Å²) < 4.78 is 40.6. The number of rotatable bonds is 3. The lowest BCUT2D eigenvalue weighted by atomic mass is 10.0. The van der Waals surface area contributed by atoms with Gasteiger partial charge in [0.25, 0.3) is 10.8 Å². The first-order chi connectivity index (χ1) is 15.7. The number of hydrogen-bond donors (Lipinski definition) is 0. The molecule has 2 aliphatic heterocycles. The van der Waals surface area contributed by atoms with Gasteiger partial charge in [0.2, 0.25) is 5.91 Å².